The van der Waals surface area contributed by atoms with Gasteiger partial charge in [-0.15, -0.1) is 0 Å². The van der Waals surface area contributed by atoms with Crippen LogP contribution in [0.25, 0.3) is 0 Å². The summed E-state index contributed by atoms with van der Waals surface area (Å²) in [5.41, 5.74) is 6.39. The number of nitrogens with two attached hydrogens (primary N) is 1. The Morgan fingerprint density at radius 1 is 0.844 bits per heavy atom. The molecule has 3 aromatic rings. The molecule has 0 radical (unpaired) electrons. The zero-order valence-corrected chi connectivity index (χ0v) is 17.5. The lowest BCUT2D eigenvalue weighted by Gasteiger charge is -2.26. The summed E-state index contributed by atoms with van der Waals surface area (Å²) < 4.78 is 28.5. The van der Waals surface area contributed by atoms with Crippen LogP contribution in [0, 0.1) is 20.2 Å². The molecule has 3 N–H and O–H groups in total. The quantitative estimate of drug-likeness (QED) is 0.369. The number of nitrogens with one attached hydrogen (secondary N) is 1. The van der Waals surface area contributed by atoms with E-state index < -0.39 is 49.1 Å². The van der Waals surface area contributed by atoms with Crippen LogP contribution < -0.4 is 10.5 Å². The molecule has 11 heteroatoms. The predicted octanol–water partition coefficient (Wildman–Crippen LogP) is 3.36. The number of nitrogens with zero attached hydrogens (tertiary/aromatic N) is 2. The lowest BCUT2D eigenvalue weighted by molar-refractivity contribution is -0.394. The van der Waals surface area contributed by atoms with Gasteiger partial charge in [-0.1, -0.05) is 60.7 Å². The molecule has 10 nitrogen and oxygen atoms in total. The van der Waals surface area contributed by atoms with Crippen molar-refractivity contribution in [1.29, 1.82) is 0 Å². The first-order chi connectivity index (χ1) is 15.2. The van der Waals surface area contributed by atoms with E-state index in [1.54, 1.807) is 54.6 Å². The van der Waals surface area contributed by atoms with Gasteiger partial charge in [-0.2, -0.15) is 0 Å². The molecule has 0 bridgehead atoms. The van der Waals surface area contributed by atoms with Gasteiger partial charge in [0.1, 0.15) is 0 Å². The fourth-order valence-electron chi connectivity index (χ4n) is 3.27. The van der Waals surface area contributed by atoms with Gasteiger partial charge >= 0.3 is 0 Å². The van der Waals surface area contributed by atoms with Crippen LogP contribution in [-0.4, -0.2) is 18.3 Å². The van der Waals surface area contributed by atoms with Crippen molar-refractivity contribution in [3.8, 4) is 0 Å². The Hall–Kier alpha value is -3.67. The number of hydrogen-bond acceptors (Lipinski definition) is 7. The number of nitro groups is 2. The van der Waals surface area contributed by atoms with E-state index in [9.17, 15) is 28.6 Å². The van der Waals surface area contributed by atoms with Gasteiger partial charge in [0.25, 0.3) is 11.4 Å². The second kappa shape index (κ2) is 9.64. The van der Waals surface area contributed by atoms with Gasteiger partial charge < -0.3 is 5.73 Å². The van der Waals surface area contributed by atoms with Crippen LogP contribution in [0.1, 0.15) is 28.8 Å². The summed E-state index contributed by atoms with van der Waals surface area (Å²) in [6, 6.07) is 18.9. The van der Waals surface area contributed by atoms with Gasteiger partial charge in [0.15, 0.2) is 0 Å². The van der Waals surface area contributed by atoms with Crippen LogP contribution in [0.2, 0.25) is 0 Å². The highest BCUT2D eigenvalue weighted by Gasteiger charge is 2.29. The average molecular weight is 456 g/mol. The lowest BCUT2D eigenvalue weighted by Crippen LogP contribution is -2.36. The van der Waals surface area contributed by atoms with Gasteiger partial charge in [0, 0.05) is 11.6 Å². The fraction of sp³-hybridized carbons (Fsp3) is 0.143. The van der Waals surface area contributed by atoms with Gasteiger partial charge in [-0.3, -0.25) is 20.2 Å². The summed E-state index contributed by atoms with van der Waals surface area (Å²) in [5, 5.41) is 22.3. The second-order valence-corrected chi connectivity index (χ2v) is 8.78. The maximum atomic E-state index is 13.0. The molecule has 0 saturated carbocycles. The Kier molecular flexibility index (Phi) is 6.93. The summed E-state index contributed by atoms with van der Waals surface area (Å²) in [5.74, 6) is -0.744. The van der Waals surface area contributed by atoms with E-state index in [1.165, 1.54) is 0 Å². The lowest BCUT2D eigenvalue weighted by atomic mass is 9.95. The third-order valence-corrected chi connectivity index (χ3v) is 6.13. The first kappa shape index (κ1) is 23.0. The third-order valence-electron chi connectivity index (χ3n) is 4.83. The molecule has 0 heterocycles. The fourth-order valence-corrected chi connectivity index (χ4v) is 4.68. The van der Waals surface area contributed by atoms with Crippen molar-refractivity contribution in [2.24, 2.45) is 5.73 Å². The van der Waals surface area contributed by atoms with Crippen molar-refractivity contribution in [1.82, 2.24) is 4.72 Å². The van der Waals surface area contributed by atoms with Gasteiger partial charge in [-0.05, 0) is 17.2 Å². The summed E-state index contributed by atoms with van der Waals surface area (Å²) in [6.45, 7) is 0. The molecular weight excluding hydrogens is 436 g/mol. The number of nitro benzene ring substituents is 2. The average Bonchev–Trinajstić information content (AvgIpc) is 2.78. The molecule has 0 spiro atoms. The third kappa shape index (κ3) is 5.52. The van der Waals surface area contributed by atoms with E-state index in [0.717, 1.165) is 18.2 Å². The molecule has 0 aliphatic carbocycles. The molecule has 2 atom stereocenters. The molecule has 0 fully saturated rings. The largest absolute Gasteiger partial charge is 0.322 e. The molecule has 3 aromatic carbocycles. The van der Waals surface area contributed by atoms with Gasteiger partial charge in [0.2, 0.25) is 10.0 Å². The number of hydrogen-bond donors (Lipinski definition) is 2. The van der Waals surface area contributed by atoms with Gasteiger partial charge in [0.05, 0.1) is 33.7 Å². The molecule has 0 aromatic heterocycles. The molecule has 2 unspecified atom stereocenters. The standard InChI is InChI=1S/C21H20N4O6S/c22-20(15-7-3-1-4-8-15)21(16-9-5-2-6-10-16)23-32(30,31)14-17-11-12-18(24(26)27)13-19(17)25(28)29/h1-13,20-21,23H,14,22H2. The summed E-state index contributed by atoms with van der Waals surface area (Å²) in [6.07, 6.45) is 0. The van der Waals surface area contributed by atoms with E-state index in [1.807, 2.05) is 6.07 Å². The molecular formula is C21H20N4O6S. The molecule has 0 saturated heterocycles. The van der Waals surface area contributed by atoms with Crippen molar-refractivity contribution in [2.75, 3.05) is 0 Å². The van der Waals surface area contributed by atoms with Crippen LogP contribution in [0.3, 0.4) is 0 Å². The Bertz CT molecular complexity index is 1220. The first-order valence-electron chi connectivity index (χ1n) is 9.45. The smallest absolute Gasteiger partial charge is 0.280 e. The monoisotopic (exact) mass is 456 g/mol. The van der Waals surface area contributed by atoms with Crippen LogP contribution in [-0.2, 0) is 15.8 Å². The normalized spacial score (nSPS) is 13.3. The highest BCUT2D eigenvalue weighted by molar-refractivity contribution is 7.88. The number of non-ortho nitro benzene ring substituents is 1. The van der Waals surface area contributed by atoms with Crippen LogP contribution in [0.15, 0.2) is 78.9 Å². The number of sulfonamides is 1. The predicted molar refractivity (Wildman–Crippen MR) is 118 cm³/mol. The summed E-state index contributed by atoms with van der Waals surface area (Å²) in [7, 11) is -4.13. The van der Waals surface area contributed by atoms with E-state index in [-0.39, 0.29) is 5.56 Å². The van der Waals surface area contributed by atoms with E-state index in [4.69, 9.17) is 5.73 Å². The topological polar surface area (TPSA) is 158 Å². The van der Waals surface area contributed by atoms with E-state index in [2.05, 4.69) is 4.72 Å². The van der Waals surface area contributed by atoms with Crippen molar-refractivity contribution < 1.29 is 18.3 Å². The summed E-state index contributed by atoms with van der Waals surface area (Å²) >= 11 is 0. The first-order valence-corrected chi connectivity index (χ1v) is 11.1. The minimum atomic E-state index is -4.13. The number of benzene rings is 3. The Labute approximate surface area is 184 Å². The minimum Gasteiger partial charge on any atom is -0.322 e. The van der Waals surface area contributed by atoms with E-state index in [0.29, 0.717) is 11.1 Å². The maximum absolute atomic E-state index is 13.0. The Morgan fingerprint density at radius 2 is 1.41 bits per heavy atom. The number of rotatable bonds is 9. The van der Waals surface area contributed by atoms with Crippen molar-refractivity contribution in [2.45, 2.75) is 17.8 Å². The van der Waals surface area contributed by atoms with Crippen LogP contribution in [0.4, 0.5) is 11.4 Å². The van der Waals surface area contributed by atoms with Crippen molar-refractivity contribution in [3.05, 3.63) is 116 Å². The maximum Gasteiger partial charge on any atom is 0.280 e. The second-order valence-electron chi connectivity index (χ2n) is 7.03. The van der Waals surface area contributed by atoms with Crippen molar-refractivity contribution in [3.63, 3.8) is 0 Å². The highest BCUT2D eigenvalue weighted by atomic mass is 32.2. The molecule has 0 amide bonds. The Morgan fingerprint density at radius 3 is 1.94 bits per heavy atom. The molecule has 3 rings (SSSR count). The van der Waals surface area contributed by atoms with Crippen molar-refractivity contribution >= 4 is 21.4 Å². The molecule has 166 valence electrons. The minimum absolute atomic E-state index is 0.173. The molecule has 0 aliphatic heterocycles. The van der Waals surface area contributed by atoms with E-state index >= 15 is 0 Å². The molecule has 0 aliphatic rings. The highest BCUT2D eigenvalue weighted by Crippen LogP contribution is 2.30. The van der Waals surface area contributed by atoms with Crippen LogP contribution >= 0.6 is 0 Å². The zero-order valence-electron chi connectivity index (χ0n) is 16.7. The zero-order chi connectivity index (χ0) is 23.3. The Balaban J connectivity index is 1.94. The van der Waals surface area contributed by atoms with Gasteiger partial charge in [-0.25, -0.2) is 13.1 Å². The summed E-state index contributed by atoms with van der Waals surface area (Å²) in [4.78, 5) is 20.7. The SMILES string of the molecule is NC(c1ccccc1)C(NS(=O)(=O)Cc1ccc([N+](=O)[O-])cc1[N+](=O)[O-])c1ccccc1. The molecule has 32 heavy (non-hydrogen) atoms. The van der Waals surface area contributed by atoms with Crippen LogP contribution in [0.5, 0.6) is 0 Å².